The molecule has 3 aromatic heterocycles. The van der Waals surface area contributed by atoms with Gasteiger partial charge in [-0.2, -0.15) is 5.10 Å². The SMILES string of the molecule is O=C(O)c1cc2c(NCCn3cncn3)ncnc2[nH]1. The van der Waals surface area contributed by atoms with E-state index in [9.17, 15) is 4.79 Å². The van der Waals surface area contributed by atoms with Gasteiger partial charge in [-0.05, 0) is 6.07 Å². The average molecular weight is 273 g/mol. The van der Waals surface area contributed by atoms with Gasteiger partial charge in [-0.3, -0.25) is 4.68 Å². The predicted molar refractivity (Wildman–Crippen MR) is 69.4 cm³/mol. The molecule has 0 radical (unpaired) electrons. The Bertz CT molecular complexity index is 734. The highest BCUT2D eigenvalue weighted by molar-refractivity contribution is 5.96. The van der Waals surface area contributed by atoms with Crippen LogP contribution in [0.25, 0.3) is 11.0 Å². The van der Waals surface area contributed by atoms with E-state index < -0.39 is 5.97 Å². The topological polar surface area (TPSA) is 122 Å². The number of anilines is 1. The highest BCUT2D eigenvalue weighted by atomic mass is 16.4. The van der Waals surface area contributed by atoms with E-state index in [2.05, 4.69) is 30.4 Å². The standard InChI is InChI=1S/C11H11N7O2/c19-11(20)8-3-7-9(14-5-15-10(7)17-8)13-1-2-18-6-12-4-16-18/h3-6H,1-2H2,(H,19,20)(H2,13,14,15,17). The first-order chi connectivity index (χ1) is 9.74. The molecule has 3 aromatic rings. The summed E-state index contributed by atoms with van der Waals surface area (Å²) in [5.41, 5.74) is 0.570. The van der Waals surface area contributed by atoms with Gasteiger partial charge in [0, 0.05) is 6.54 Å². The molecule has 0 bridgehead atoms. The summed E-state index contributed by atoms with van der Waals surface area (Å²) in [4.78, 5) is 25.6. The molecule has 0 atom stereocenters. The summed E-state index contributed by atoms with van der Waals surface area (Å²) in [6, 6.07) is 1.51. The molecule has 0 aliphatic rings. The summed E-state index contributed by atoms with van der Waals surface area (Å²) in [6.45, 7) is 1.21. The van der Waals surface area contributed by atoms with Crippen LogP contribution < -0.4 is 5.32 Å². The van der Waals surface area contributed by atoms with Gasteiger partial charge < -0.3 is 15.4 Å². The second kappa shape index (κ2) is 4.96. The minimum atomic E-state index is -1.03. The van der Waals surface area contributed by atoms with E-state index in [-0.39, 0.29) is 5.69 Å². The van der Waals surface area contributed by atoms with E-state index in [1.165, 1.54) is 18.7 Å². The summed E-state index contributed by atoms with van der Waals surface area (Å²) < 4.78 is 1.69. The zero-order valence-corrected chi connectivity index (χ0v) is 10.3. The number of hydrogen-bond donors (Lipinski definition) is 3. The van der Waals surface area contributed by atoms with E-state index in [4.69, 9.17) is 5.11 Å². The lowest BCUT2D eigenvalue weighted by molar-refractivity contribution is 0.0691. The van der Waals surface area contributed by atoms with Gasteiger partial charge in [0.25, 0.3) is 0 Å². The Labute approximate surface area is 112 Å². The molecule has 0 aromatic carbocycles. The first-order valence-corrected chi connectivity index (χ1v) is 5.87. The summed E-state index contributed by atoms with van der Waals surface area (Å²) in [5, 5.41) is 16.7. The van der Waals surface area contributed by atoms with Crippen LogP contribution in [0.15, 0.2) is 25.0 Å². The number of nitrogens with one attached hydrogen (secondary N) is 2. The minimum absolute atomic E-state index is 0.0832. The second-order valence-corrected chi connectivity index (χ2v) is 4.06. The van der Waals surface area contributed by atoms with Crippen LogP contribution in [0.5, 0.6) is 0 Å². The first kappa shape index (κ1) is 12.1. The molecule has 0 saturated heterocycles. The summed E-state index contributed by atoms with van der Waals surface area (Å²) in [7, 11) is 0. The van der Waals surface area contributed by atoms with Crippen molar-refractivity contribution in [2.24, 2.45) is 0 Å². The number of aromatic carboxylic acids is 1. The van der Waals surface area contributed by atoms with Crippen molar-refractivity contribution in [1.82, 2.24) is 29.7 Å². The normalized spacial score (nSPS) is 10.8. The minimum Gasteiger partial charge on any atom is -0.477 e. The molecule has 3 rings (SSSR count). The lowest BCUT2D eigenvalue weighted by Gasteiger charge is -2.05. The largest absolute Gasteiger partial charge is 0.477 e. The van der Waals surface area contributed by atoms with Gasteiger partial charge in [-0.25, -0.2) is 19.7 Å². The molecule has 0 amide bonds. The molecule has 0 fully saturated rings. The number of fused-ring (bicyclic) bond motifs is 1. The first-order valence-electron chi connectivity index (χ1n) is 5.87. The van der Waals surface area contributed by atoms with Gasteiger partial charge >= 0.3 is 5.97 Å². The number of rotatable bonds is 5. The van der Waals surface area contributed by atoms with Crippen molar-refractivity contribution in [3.8, 4) is 0 Å². The summed E-state index contributed by atoms with van der Waals surface area (Å²) in [6.07, 6.45) is 4.46. The van der Waals surface area contributed by atoms with Gasteiger partial charge in [-0.1, -0.05) is 0 Å². The highest BCUT2D eigenvalue weighted by Crippen LogP contribution is 2.19. The Hall–Kier alpha value is -2.97. The molecule has 0 aliphatic carbocycles. The Morgan fingerprint density at radius 3 is 3.05 bits per heavy atom. The third kappa shape index (κ3) is 2.28. The Kier molecular flexibility index (Phi) is 2.99. The van der Waals surface area contributed by atoms with Gasteiger partial charge in [-0.15, -0.1) is 0 Å². The maximum atomic E-state index is 10.9. The van der Waals surface area contributed by atoms with Crippen LogP contribution in [0.2, 0.25) is 0 Å². The van der Waals surface area contributed by atoms with Gasteiger partial charge in [0.05, 0.1) is 11.9 Å². The molecule has 0 unspecified atom stereocenters. The molecule has 102 valence electrons. The van der Waals surface area contributed by atoms with Crippen LogP contribution in [0.1, 0.15) is 10.5 Å². The number of carboxylic acid groups (broad SMARTS) is 1. The van der Waals surface area contributed by atoms with Crippen molar-refractivity contribution in [3.63, 3.8) is 0 Å². The number of H-pyrrole nitrogens is 1. The van der Waals surface area contributed by atoms with Crippen LogP contribution in [0.3, 0.4) is 0 Å². The molecular weight excluding hydrogens is 262 g/mol. The van der Waals surface area contributed by atoms with Crippen molar-refractivity contribution in [2.45, 2.75) is 6.54 Å². The molecule has 0 spiro atoms. The maximum absolute atomic E-state index is 10.9. The van der Waals surface area contributed by atoms with Crippen molar-refractivity contribution in [1.29, 1.82) is 0 Å². The van der Waals surface area contributed by atoms with Crippen molar-refractivity contribution in [3.05, 3.63) is 30.7 Å². The zero-order chi connectivity index (χ0) is 13.9. The molecule has 0 aliphatic heterocycles. The fourth-order valence-electron chi connectivity index (χ4n) is 1.83. The third-order valence-electron chi connectivity index (χ3n) is 2.76. The highest BCUT2D eigenvalue weighted by Gasteiger charge is 2.11. The van der Waals surface area contributed by atoms with Crippen LogP contribution >= 0.6 is 0 Å². The molecule has 9 heteroatoms. The van der Waals surface area contributed by atoms with Gasteiger partial charge in [0.2, 0.25) is 0 Å². The second-order valence-electron chi connectivity index (χ2n) is 4.06. The average Bonchev–Trinajstić information content (AvgIpc) is 3.07. The van der Waals surface area contributed by atoms with Crippen LogP contribution in [0, 0.1) is 0 Å². The Balaban J connectivity index is 1.78. The van der Waals surface area contributed by atoms with E-state index in [1.54, 1.807) is 11.0 Å². The molecular formula is C11H11N7O2. The van der Waals surface area contributed by atoms with Crippen LogP contribution in [-0.4, -0.2) is 47.3 Å². The number of hydrogen-bond acceptors (Lipinski definition) is 6. The fourth-order valence-corrected chi connectivity index (χ4v) is 1.83. The molecule has 9 nitrogen and oxygen atoms in total. The van der Waals surface area contributed by atoms with Crippen molar-refractivity contribution in [2.75, 3.05) is 11.9 Å². The third-order valence-corrected chi connectivity index (χ3v) is 2.76. The maximum Gasteiger partial charge on any atom is 0.352 e. The number of aromatic amines is 1. The van der Waals surface area contributed by atoms with E-state index in [0.29, 0.717) is 29.9 Å². The van der Waals surface area contributed by atoms with Crippen molar-refractivity contribution < 1.29 is 9.90 Å². The monoisotopic (exact) mass is 273 g/mol. The lowest BCUT2D eigenvalue weighted by atomic mass is 10.3. The predicted octanol–water partition coefficient (Wildman–Crippen LogP) is 0.360. The van der Waals surface area contributed by atoms with Gasteiger partial charge in [0.1, 0.15) is 36.1 Å². The number of aromatic nitrogens is 6. The molecule has 3 heterocycles. The van der Waals surface area contributed by atoms with Crippen LogP contribution in [-0.2, 0) is 6.54 Å². The van der Waals surface area contributed by atoms with Gasteiger partial charge in [0.15, 0.2) is 0 Å². The smallest absolute Gasteiger partial charge is 0.352 e. The summed E-state index contributed by atoms with van der Waals surface area (Å²) in [5.74, 6) is -0.449. The van der Waals surface area contributed by atoms with E-state index in [1.807, 2.05) is 0 Å². The van der Waals surface area contributed by atoms with E-state index in [0.717, 1.165) is 0 Å². The van der Waals surface area contributed by atoms with E-state index >= 15 is 0 Å². The molecule has 20 heavy (non-hydrogen) atoms. The van der Waals surface area contributed by atoms with Crippen LogP contribution in [0.4, 0.5) is 5.82 Å². The lowest BCUT2D eigenvalue weighted by Crippen LogP contribution is -2.11. The summed E-state index contributed by atoms with van der Waals surface area (Å²) >= 11 is 0. The zero-order valence-electron chi connectivity index (χ0n) is 10.3. The Morgan fingerprint density at radius 1 is 1.40 bits per heavy atom. The quantitative estimate of drug-likeness (QED) is 0.613. The number of carboxylic acids is 1. The number of carbonyl (C=O) groups is 1. The number of nitrogens with zero attached hydrogens (tertiary/aromatic N) is 5. The fraction of sp³-hybridized carbons (Fsp3) is 0.182. The molecule has 3 N–H and O–H groups in total. The van der Waals surface area contributed by atoms with Crippen molar-refractivity contribution >= 4 is 22.8 Å². The Morgan fingerprint density at radius 2 is 2.30 bits per heavy atom. The molecule has 0 saturated carbocycles.